The van der Waals surface area contributed by atoms with Crippen LogP contribution in [0.1, 0.15) is 17.5 Å². The molecule has 0 saturated heterocycles. The minimum absolute atomic E-state index is 0.189. The number of anilines is 1. The number of hydrogen-bond acceptors (Lipinski definition) is 3. The number of halogens is 1. The van der Waals surface area contributed by atoms with Crippen molar-refractivity contribution in [2.24, 2.45) is 0 Å². The number of carbonyl (C=O) groups excluding carboxylic acids is 1. The lowest BCUT2D eigenvalue weighted by molar-refractivity contribution is -0.116. The lowest BCUT2D eigenvalue weighted by atomic mass is 10.1. The minimum Gasteiger partial charge on any atom is -0.325 e. The number of nitrogens with zero attached hydrogens (tertiary/aromatic N) is 1. The maximum Gasteiger partial charge on any atom is 0.243 e. The summed E-state index contributed by atoms with van der Waals surface area (Å²) in [6.07, 6.45) is 2.88. The third-order valence-corrected chi connectivity index (χ3v) is 6.05. The van der Waals surface area contributed by atoms with Gasteiger partial charge in [-0.1, -0.05) is 12.1 Å². The molecule has 0 fully saturated rings. The molecular formula is C18H19FN2O3S. The fourth-order valence-electron chi connectivity index (χ4n) is 2.94. The number of fused-ring (bicyclic) bond motifs is 1. The fourth-order valence-corrected chi connectivity index (χ4v) is 4.12. The monoisotopic (exact) mass is 362 g/mol. The average molecular weight is 362 g/mol. The van der Waals surface area contributed by atoms with Crippen molar-refractivity contribution < 1.29 is 17.6 Å². The van der Waals surface area contributed by atoms with Gasteiger partial charge in [-0.2, -0.15) is 4.31 Å². The highest BCUT2D eigenvalue weighted by Gasteiger charge is 2.24. The normalized spacial score (nSPS) is 13.7. The Balaban J connectivity index is 1.71. The van der Waals surface area contributed by atoms with Gasteiger partial charge in [0.2, 0.25) is 15.9 Å². The summed E-state index contributed by atoms with van der Waals surface area (Å²) in [5.41, 5.74) is 2.53. The Hall–Kier alpha value is -2.25. The van der Waals surface area contributed by atoms with Crippen LogP contribution in [0.3, 0.4) is 0 Å². The number of nitrogens with one attached hydrogen (secondary N) is 1. The smallest absolute Gasteiger partial charge is 0.243 e. The summed E-state index contributed by atoms with van der Waals surface area (Å²) in [6, 6.07) is 10.6. The molecule has 0 aromatic heterocycles. The van der Waals surface area contributed by atoms with E-state index in [1.807, 2.05) is 6.07 Å². The quantitative estimate of drug-likeness (QED) is 0.889. The van der Waals surface area contributed by atoms with Crippen LogP contribution in [0.5, 0.6) is 0 Å². The van der Waals surface area contributed by atoms with Gasteiger partial charge in [0, 0.05) is 12.7 Å². The molecular weight excluding hydrogens is 343 g/mol. The van der Waals surface area contributed by atoms with E-state index in [0.29, 0.717) is 0 Å². The molecule has 0 heterocycles. The molecule has 3 rings (SSSR count). The van der Waals surface area contributed by atoms with Crippen molar-refractivity contribution in [1.82, 2.24) is 4.31 Å². The van der Waals surface area contributed by atoms with E-state index < -0.39 is 21.7 Å². The van der Waals surface area contributed by atoms with Crippen molar-refractivity contribution in [2.45, 2.75) is 24.2 Å². The van der Waals surface area contributed by atoms with Crippen molar-refractivity contribution in [3.63, 3.8) is 0 Å². The molecule has 1 N–H and O–H groups in total. The van der Waals surface area contributed by atoms with Gasteiger partial charge < -0.3 is 5.32 Å². The SMILES string of the molecule is CN(CC(=O)Nc1cccc(F)c1)S(=O)(=O)c1ccc2c(c1)CCC2. The molecule has 0 unspecified atom stereocenters. The highest BCUT2D eigenvalue weighted by Crippen LogP contribution is 2.26. The van der Waals surface area contributed by atoms with Gasteiger partial charge in [-0.25, -0.2) is 12.8 Å². The Morgan fingerprint density at radius 1 is 1.16 bits per heavy atom. The Morgan fingerprint density at radius 3 is 2.68 bits per heavy atom. The zero-order valence-corrected chi connectivity index (χ0v) is 14.6. The molecule has 2 aromatic carbocycles. The summed E-state index contributed by atoms with van der Waals surface area (Å²) in [7, 11) is -2.40. The fraction of sp³-hybridized carbons (Fsp3) is 0.278. The van der Waals surface area contributed by atoms with Crippen molar-refractivity contribution in [3.8, 4) is 0 Å². The van der Waals surface area contributed by atoms with Gasteiger partial charge >= 0.3 is 0 Å². The summed E-state index contributed by atoms with van der Waals surface area (Å²) in [5, 5.41) is 2.49. The molecule has 1 aliphatic carbocycles. The number of hydrogen-bond donors (Lipinski definition) is 1. The Labute approximate surface area is 146 Å². The van der Waals surface area contributed by atoms with E-state index in [-0.39, 0.29) is 17.1 Å². The molecule has 2 aromatic rings. The number of likely N-dealkylation sites (N-methyl/N-ethyl adjacent to an activating group) is 1. The topological polar surface area (TPSA) is 66.5 Å². The second kappa shape index (κ2) is 6.93. The maximum absolute atomic E-state index is 13.1. The largest absolute Gasteiger partial charge is 0.325 e. The summed E-state index contributed by atoms with van der Waals surface area (Å²) >= 11 is 0. The summed E-state index contributed by atoms with van der Waals surface area (Å²) in [6.45, 7) is -0.351. The average Bonchev–Trinajstić information content (AvgIpc) is 3.02. The molecule has 0 atom stereocenters. The van der Waals surface area contributed by atoms with Crippen LogP contribution in [0.4, 0.5) is 10.1 Å². The first-order valence-corrected chi connectivity index (χ1v) is 9.44. The number of benzene rings is 2. The highest BCUT2D eigenvalue weighted by atomic mass is 32.2. The standard InChI is InChI=1S/C18H19FN2O3S/c1-21(12-18(22)20-16-7-3-6-15(19)11-16)25(23,24)17-9-8-13-4-2-5-14(13)10-17/h3,6-11H,2,4-5,12H2,1H3,(H,20,22). The van der Waals surface area contributed by atoms with Crippen LogP contribution in [0.25, 0.3) is 0 Å². The van der Waals surface area contributed by atoms with Gasteiger partial charge in [-0.3, -0.25) is 4.79 Å². The Bertz CT molecular complexity index is 912. The van der Waals surface area contributed by atoms with E-state index in [0.717, 1.165) is 29.1 Å². The lowest BCUT2D eigenvalue weighted by Gasteiger charge is -2.17. The number of sulfonamides is 1. The van der Waals surface area contributed by atoms with Crippen LogP contribution < -0.4 is 5.32 Å². The molecule has 0 bridgehead atoms. The van der Waals surface area contributed by atoms with Gasteiger partial charge in [0.25, 0.3) is 0 Å². The molecule has 25 heavy (non-hydrogen) atoms. The predicted octanol–water partition coefficient (Wildman–Crippen LogP) is 2.57. The van der Waals surface area contributed by atoms with Crippen LogP contribution >= 0.6 is 0 Å². The molecule has 1 amide bonds. The van der Waals surface area contributed by atoms with Crippen molar-refractivity contribution in [1.29, 1.82) is 0 Å². The lowest BCUT2D eigenvalue weighted by Crippen LogP contribution is -2.35. The molecule has 0 aliphatic heterocycles. The molecule has 0 saturated carbocycles. The third kappa shape index (κ3) is 3.88. The highest BCUT2D eigenvalue weighted by molar-refractivity contribution is 7.89. The number of amides is 1. The maximum atomic E-state index is 13.1. The van der Waals surface area contributed by atoms with Crippen LogP contribution in [0.15, 0.2) is 47.4 Å². The van der Waals surface area contributed by atoms with Crippen molar-refractivity contribution >= 4 is 21.6 Å². The van der Waals surface area contributed by atoms with Gasteiger partial charge in [0.15, 0.2) is 0 Å². The van der Waals surface area contributed by atoms with Crippen molar-refractivity contribution in [2.75, 3.05) is 18.9 Å². The first-order chi connectivity index (χ1) is 11.9. The zero-order chi connectivity index (χ0) is 18.0. The minimum atomic E-state index is -3.76. The first-order valence-electron chi connectivity index (χ1n) is 8.00. The van der Waals surface area contributed by atoms with Crippen LogP contribution in [0.2, 0.25) is 0 Å². The molecule has 1 aliphatic rings. The molecule has 0 radical (unpaired) electrons. The predicted molar refractivity (Wildman–Crippen MR) is 93.3 cm³/mol. The Kier molecular flexibility index (Phi) is 4.87. The summed E-state index contributed by atoms with van der Waals surface area (Å²) < 4.78 is 39.5. The Morgan fingerprint density at radius 2 is 1.92 bits per heavy atom. The molecule has 132 valence electrons. The van der Waals surface area contributed by atoms with E-state index >= 15 is 0 Å². The number of carbonyl (C=O) groups is 1. The second-order valence-corrected chi connectivity index (χ2v) is 8.15. The number of rotatable bonds is 5. The van der Waals surface area contributed by atoms with Gasteiger partial charge in [0.1, 0.15) is 5.82 Å². The number of aryl methyl sites for hydroxylation is 2. The van der Waals surface area contributed by atoms with Crippen LogP contribution in [0, 0.1) is 5.82 Å². The van der Waals surface area contributed by atoms with Crippen LogP contribution in [-0.2, 0) is 27.7 Å². The van der Waals surface area contributed by atoms with Crippen molar-refractivity contribution in [3.05, 3.63) is 59.4 Å². The van der Waals surface area contributed by atoms with E-state index in [9.17, 15) is 17.6 Å². The van der Waals surface area contributed by atoms with E-state index in [4.69, 9.17) is 0 Å². The summed E-state index contributed by atoms with van der Waals surface area (Å²) in [5.74, 6) is -1.00. The van der Waals surface area contributed by atoms with E-state index in [1.165, 1.54) is 36.9 Å². The molecule has 7 heteroatoms. The third-order valence-electron chi connectivity index (χ3n) is 4.25. The second-order valence-electron chi connectivity index (χ2n) is 6.10. The first kappa shape index (κ1) is 17.6. The molecule has 5 nitrogen and oxygen atoms in total. The molecule has 0 spiro atoms. The summed E-state index contributed by atoms with van der Waals surface area (Å²) in [4.78, 5) is 12.2. The van der Waals surface area contributed by atoms with Gasteiger partial charge in [0.05, 0.1) is 11.4 Å². The zero-order valence-electron chi connectivity index (χ0n) is 13.8. The van der Waals surface area contributed by atoms with Crippen LogP contribution in [-0.4, -0.2) is 32.2 Å². The van der Waals surface area contributed by atoms with Gasteiger partial charge in [-0.05, 0) is 60.7 Å². The van der Waals surface area contributed by atoms with Gasteiger partial charge in [-0.15, -0.1) is 0 Å². The van der Waals surface area contributed by atoms with E-state index in [2.05, 4.69) is 5.32 Å². The van der Waals surface area contributed by atoms with E-state index in [1.54, 1.807) is 12.1 Å².